The Balaban J connectivity index is 2.55. The van der Waals surface area contributed by atoms with Crippen LogP contribution >= 0.6 is 0 Å². The number of rotatable bonds is 2. The number of hydrogen-bond acceptors (Lipinski definition) is 3. The van der Waals surface area contributed by atoms with Crippen molar-refractivity contribution in [1.82, 2.24) is 10.4 Å². The van der Waals surface area contributed by atoms with Crippen LogP contribution in [0.3, 0.4) is 0 Å². The van der Waals surface area contributed by atoms with Crippen LogP contribution in [0.2, 0.25) is 0 Å². The van der Waals surface area contributed by atoms with Gasteiger partial charge in [0, 0.05) is 6.54 Å². The van der Waals surface area contributed by atoms with Gasteiger partial charge in [-0.2, -0.15) is 0 Å². The maximum atomic E-state index is 11.5. The summed E-state index contributed by atoms with van der Waals surface area (Å²) >= 11 is 0. The fraction of sp³-hybridized carbons (Fsp3) is 0.444. The Hall–Kier alpha value is -1.74. The van der Waals surface area contributed by atoms with Crippen LogP contribution in [-0.4, -0.2) is 30.7 Å². The lowest BCUT2D eigenvalue weighted by Crippen LogP contribution is -2.43. The van der Waals surface area contributed by atoms with Gasteiger partial charge in [0.25, 0.3) is 0 Å². The molecule has 0 aromatic rings. The molecule has 0 spiro atoms. The molecule has 2 amide bonds. The summed E-state index contributed by atoms with van der Waals surface area (Å²) in [6, 6.07) is 0. The van der Waals surface area contributed by atoms with Gasteiger partial charge in [0.15, 0.2) is 0 Å². The number of nitrogens with zero attached hydrogens (tertiary/aromatic N) is 1. The van der Waals surface area contributed by atoms with Crippen LogP contribution in [0.4, 0.5) is 4.79 Å². The Labute approximate surface area is 82.0 Å². The van der Waals surface area contributed by atoms with E-state index in [-0.39, 0.29) is 11.8 Å². The van der Waals surface area contributed by atoms with E-state index in [0.717, 1.165) is 0 Å². The molecule has 0 aromatic heterocycles. The minimum absolute atomic E-state index is 0.161. The van der Waals surface area contributed by atoms with Crippen LogP contribution in [0.5, 0.6) is 0 Å². The molecule has 1 saturated heterocycles. The molecular formula is C9H12N2O3. The molecule has 1 rings (SSSR count). The molecule has 1 aliphatic rings. The molecule has 5 nitrogen and oxygen atoms in total. The second-order valence-electron chi connectivity index (χ2n) is 2.86. The van der Waals surface area contributed by atoms with Gasteiger partial charge >= 0.3 is 6.09 Å². The third-order valence-corrected chi connectivity index (χ3v) is 1.98. The van der Waals surface area contributed by atoms with E-state index < -0.39 is 6.09 Å². The molecule has 0 radical (unpaired) electrons. The number of nitrogens with one attached hydrogen (secondary N) is 1. The molecular weight excluding hydrogens is 184 g/mol. The summed E-state index contributed by atoms with van der Waals surface area (Å²) in [7, 11) is 1.25. The largest absolute Gasteiger partial charge is 0.452 e. The number of ether oxygens (including phenoxy) is 1. The smallest absolute Gasteiger partial charge is 0.425 e. The topological polar surface area (TPSA) is 58.6 Å². The van der Waals surface area contributed by atoms with E-state index in [1.807, 2.05) is 0 Å². The standard InChI is InChI=1S/C9H12N2O3/c1-3-4-7-5-6-11(8(7)12)10-9(13)14-2/h4,7H,1,5-6H2,2H3,(H,10,13). The van der Waals surface area contributed by atoms with Crippen LogP contribution in [-0.2, 0) is 9.53 Å². The predicted molar refractivity (Wildman–Crippen MR) is 49.1 cm³/mol. The number of hydrogen-bond donors (Lipinski definition) is 1. The van der Waals surface area contributed by atoms with Gasteiger partial charge in [-0.15, -0.1) is 5.73 Å². The lowest BCUT2D eigenvalue weighted by molar-refractivity contribution is -0.132. The first kappa shape index (κ1) is 10.3. The Morgan fingerprint density at radius 3 is 3.14 bits per heavy atom. The first-order chi connectivity index (χ1) is 6.69. The molecule has 14 heavy (non-hydrogen) atoms. The van der Waals surface area contributed by atoms with Crippen molar-refractivity contribution < 1.29 is 14.3 Å². The summed E-state index contributed by atoms with van der Waals surface area (Å²) in [6.07, 6.45) is 1.62. The van der Waals surface area contributed by atoms with E-state index in [9.17, 15) is 9.59 Å². The summed E-state index contributed by atoms with van der Waals surface area (Å²) < 4.78 is 4.37. The van der Waals surface area contributed by atoms with E-state index in [1.54, 1.807) is 6.08 Å². The van der Waals surface area contributed by atoms with Gasteiger partial charge in [-0.05, 0) is 12.5 Å². The van der Waals surface area contributed by atoms with Gasteiger partial charge in [-0.3, -0.25) is 9.80 Å². The molecule has 76 valence electrons. The predicted octanol–water partition coefficient (Wildman–Crippen LogP) is 0.447. The van der Waals surface area contributed by atoms with E-state index in [2.05, 4.69) is 22.5 Å². The lowest BCUT2D eigenvalue weighted by atomic mass is 10.1. The van der Waals surface area contributed by atoms with E-state index >= 15 is 0 Å². The fourth-order valence-electron chi connectivity index (χ4n) is 1.27. The molecule has 5 heteroatoms. The molecule has 0 aliphatic carbocycles. The third-order valence-electron chi connectivity index (χ3n) is 1.98. The normalized spacial score (nSPS) is 20.2. The summed E-state index contributed by atoms with van der Waals surface area (Å²) in [4.78, 5) is 22.3. The molecule has 0 aromatic carbocycles. The fourth-order valence-corrected chi connectivity index (χ4v) is 1.27. The minimum atomic E-state index is -0.637. The average Bonchev–Trinajstić information content (AvgIpc) is 2.50. The summed E-state index contributed by atoms with van der Waals surface area (Å²) in [5.74, 6) is -0.392. The van der Waals surface area contributed by atoms with Crippen LogP contribution < -0.4 is 5.43 Å². The molecule has 1 atom stereocenters. The van der Waals surface area contributed by atoms with Crippen LogP contribution in [0.25, 0.3) is 0 Å². The lowest BCUT2D eigenvalue weighted by Gasteiger charge is -2.15. The van der Waals surface area contributed by atoms with Crippen LogP contribution in [0.1, 0.15) is 6.42 Å². The monoisotopic (exact) mass is 196 g/mol. The number of carbonyl (C=O) groups excluding carboxylic acids is 2. The Kier molecular flexibility index (Phi) is 3.31. The van der Waals surface area contributed by atoms with E-state index in [1.165, 1.54) is 12.1 Å². The molecule has 0 saturated carbocycles. The maximum Gasteiger partial charge on any atom is 0.425 e. The highest BCUT2D eigenvalue weighted by molar-refractivity contribution is 5.84. The highest BCUT2D eigenvalue weighted by atomic mass is 16.5. The van der Waals surface area contributed by atoms with Crippen molar-refractivity contribution in [3.8, 4) is 0 Å². The van der Waals surface area contributed by atoms with Crippen molar-refractivity contribution in [3.05, 3.63) is 18.4 Å². The maximum absolute atomic E-state index is 11.5. The van der Waals surface area contributed by atoms with Crippen LogP contribution in [0, 0.1) is 5.92 Å². The molecule has 1 aliphatic heterocycles. The summed E-state index contributed by atoms with van der Waals surface area (Å²) in [5, 5.41) is 1.24. The van der Waals surface area contributed by atoms with Gasteiger partial charge in [-0.1, -0.05) is 6.58 Å². The minimum Gasteiger partial charge on any atom is -0.452 e. The highest BCUT2D eigenvalue weighted by Crippen LogP contribution is 2.16. The number of amides is 2. The molecule has 1 N–H and O–H groups in total. The zero-order valence-electron chi connectivity index (χ0n) is 7.95. The van der Waals surface area contributed by atoms with Crippen LogP contribution in [0.15, 0.2) is 18.4 Å². The van der Waals surface area contributed by atoms with E-state index in [0.29, 0.717) is 13.0 Å². The highest BCUT2D eigenvalue weighted by Gasteiger charge is 2.30. The van der Waals surface area contributed by atoms with Crippen molar-refractivity contribution in [1.29, 1.82) is 0 Å². The molecule has 1 fully saturated rings. The number of methoxy groups -OCH3 is 1. The number of carbonyl (C=O) groups is 2. The third kappa shape index (κ3) is 2.14. The quantitative estimate of drug-likeness (QED) is 0.652. The Bertz CT molecular complexity index is 294. The van der Waals surface area contributed by atoms with Crippen molar-refractivity contribution in [2.75, 3.05) is 13.7 Å². The van der Waals surface area contributed by atoms with Gasteiger partial charge in [0.2, 0.25) is 5.91 Å². The molecule has 0 bridgehead atoms. The first-order valence-corrected chi connectivity index (χ1v) is 4.21. The van der Waals surface area contributed by atoms with E-state index in [4.69, 9.17) is 0 Å². The van der Waals surface area contributed by atoms with Crippen molar-refractivity contribution in [2.45, 2.75) is 6.42 Å². The second kappa shape index (κ2) is 4.48. The average molecular weight is 196 g/mol. The van der Waals surface area contributed by atoms with Crippen molar-refractivity contribution >= 4 is 12.0 Å². The molecule has 1 unspecified atom stereocenters. The number of hydrazine groups is 1. The Morgan fingerprint density at radius 2 is 2.57 bits per heavy atom. The zero-order valence-corrected chi connectivity index (χ0v) is 7.95. The van der Waals surface area contributed by atoms with Crippen molar-refractivity contribution in [3.63, 3.8) is 0 Å². The van der Waals surface area contributed by atoms with Gasteiger partial charge < -0.3 is 4.74 Å². The Morgan fingerprint density at radius 1 is 1.86 bits per heavy atom. The van der Waals surface area contributed by atoms with Crippen molar-refractivity contribution in [2.24, 2.45) is 5.92 Å². The van der Waals surface area contributed by atoms with Gasteiger partial charge in [0.1, 0.15) is 0 Å². The molecule has 1 heterocycles. The zero-order chi connectivity index (χ0) is 10.6. The second-order valence-corrected chi connectivity index (χ2v) is 2.86. The first-order valence-electron chi connectivity index (χ1n) is 4.21. The SMILES string of the molecule is C=C=CC1CCN(NC(=O)OC)C1=O. The summed E-state index contributed by atoms with van der Waals surface area (Å²) in [5.41, 5.74) is 4.88. The summed E-state index contributed by atoms with van der Waals surface area (Å²) in [6.45, 7) is 3.88. The van der Waals surface area contributed by atoms with Gasteiger partial charge in [0.05, 0.1) is 13.0 Å². The van der Waals surface area contributed by atoms with Gasteiger partial charge in [-0.25, -0.2) is 10.2 Å².